The van der Waals surface area contributed by atoms with E-state index in [-0.39, 0.29) is 88.7 Å². The minimum atomic E-state index is -4.13. The van der Waals surface area contributed by atoms with E-state index in [2.05, 4.69) is 81.5 Å². The van der Waals surface area contributed by atoms with Crippen molar-refractivity contribution in [2.24, 2.45) is 33.2 Å². The SMILES string of the molecule is Cc1sc(C(=O)c2cncnc2N[C@@H]2C[C@H](COS(N)(=O)=O)[C@@H](O)C2)cc1C1OCCc2ccc(CN(C)C)cc21.NS(=O)(=O)OC[C@H]1C[C@@H](Nc2ncncc2C(=O)c2cc(C3OC(=O)c4ccc(Cl)cc43)c(Cl)s2)C[C@@H]1O.NS(=O)(=O)OC[C@H]1C[C@@H](Nc2ncncc2C(=O)c2ccc(C3OCCc4c(Cl)cccc43)s2)C[C@@H]1O. The van der Waals surface area contributed by atoms with Crippen molar-refractivity contribution in [1.29, 1.82) is 0 Å². The number of ether oxygens (including phenoxy) is 3. The lowest BCUT2D eigenvalue weighted by atomic mass is 9.91. The Labute approximate surface area is 694 Å². The highest BCUT2D eigenvalue weighted by Crippen LogP contribution is 2.46. The average molecular weight is 1770 g/mol. The van der Waals surface area contributed by atoms with E-state index in [9.17, 15) is 59.8 Å². The maximum absolute atomic E-state index is 13.7. The highest BCUT2D eigenvalue weighted by Gasteiger charge is 2.41. The van der Waals surface area contributed by atoms with E-state index in [1.807, 2.05) is 51.4 Å². The summed E-state index contributed by atoms with van der Waals surface area (Å²) in [6, 6.07) is 23.5. The van der Waals surface area contributed by atoms with Crippen molar-refractivity contribution in [2.75, 3.05) is 63.1 Å². The number of thiophene rings is 3. The Kier molecular flexibility index (Phi) is 27.3. The number of hydrogen-bond acceptors (Lipinski definition) is 32. The number of carbonyl (C=O) groups excluding carboxylic acids is 4. The van der Waals surface area contributed by atoms with Crippen LogP contribution in [0.5, 0.6) is 0 Å². The number of nitrogens with one attached hydrogen (secondary N) is 3. The zero-order valence-electron chi connectivity index (χ0n) is 62.1. The molecule has 616 valence electrons. The van der Waals surface area contributed by atoms with Crippen LogP contribution < -0.4 is 31.4 Å². The van der Waals surface area contributed by atoms with Crippen LogP contribution in [0.2, 0.25) is 14.4 Å². The zero-order chi connectivity index (χ0) is 82.7. The van der Waals surface area contributed by atoms with Crippen LogP contribution in [0.1, 0.15) is 167 Å². The number of hydrogen-bond donors (Lipinski definition) is 9. The van der Waals surface area contributed by atoms with E-state index in [4.69, 9.17) is 64.4 Å². The molecular formula is C75H80Cl3N13O19S6. The second kappa shape index (κ2) is 36.8. The molecule has 41 heteroatoms. The first-order chi connectivity index (χ1) is 55.2. The van der Waals surface area contributed by atoms with Crippen molar-refractivity contribution in [1.82, 2.24) is 34.8 Å². The summed E-state index contributed by atoms with van der Waals surface area (Å²) in [6.45, 7) is 3.29. The monoisotopic (exact) mass is 1760 g/mol. The summed E-state index contributed by atoms with van der Waals surface area (Å²) in [4.78, 5) is 83.2. The molecule has 32 nitrogen and oxygen atoms in total. The third-order valence-electron chi connectivity index (χ3n) is 20.5. The van der Waals surface area contributed by atoms with Gasteiger partial charge in [-0.15, -0.1) is 34.0 Å². The molecule has 0 bridgehead atoms. The zero-order valence-corrected chi connectivity index (χ0v) is 69.3. The molecule has 9 aromatic rings. The van der Waals surface area contributed by atoms with E-state index in [0.29, 0.717) is 105 Å². The quantitative estimate of drug-likeness (QED) is 0.0181. The molecule has 6 aliphatic rings. The van der Waals surface area contributed by atoms with Gasteiger partial charge in [0.15, 0.2) is 6.10 Å². The summed E-state index contributed by atoms with van der Waals surface area (Å²) in [6.07, 6.45) is 8.26. The van der Waals surface area contributed by atoms with Gasteiger partial charge in [0.05, 0.1) is 88.2 Å². The van der Waals surface area contributed by atoms with Crippen molar-refractivity contribution >= 4 is 140 Å². The van der Waals surface area contributed by atoms with Crippen molar-refractivity contribution in [3.05, 3.63) is 222 Å². The predicted molar refractivity (Wildman–Crippen MR) is 432 cm³/mol. The molecule has 3 unspecified atom stereocenters. The van der Waals surface area contributed by atoms with Gasteiger partial charge in [-0.05, 0) is 154 Å². The standard InChI is InChI=1S/C28H35N5O6S2.C24H25ClN4O6S2.C23H20Cl2N4O7S2/c1-16-21(27-22-8-17(13-33(2)3)4-5-18(22)6-7-38-27)11-25(40-16)26(35)23-12-30-15-31-28(23)32-20-9-19(24(34)10-20)14-39-41(29,36)37;25-18-3-1-2-16-15(18)6-7-34-23(16)21-5-4-20(36-21)22(31)17-10-27-12-28-24(17)29-14-8-13(19(30)9-14)11-35-37(26,32)33;24-11-1-2-13-14(4-11)20(36-23(13)32)15-6-18(37-21(15)25)19(31)16-7-27-9-28-22(16)29-12-3-10(17(30)5-12)8-35-38(26,33)34/h4-5,8,11-12,15,19-20,24,27,34H,6-7,9-10,13-14H2,1-3H3,(H2,29,36,37)(H,30,31,32);1-5,10,12-14,19,23,30H,6-9,11H2,(H2,26,32,33)(H,27,28,29);1-2,4,6-7,9-10,12,17,20,30H,3,5,8H2,(H2,26,33,34)(H,27,28,29)/t19-,20-,24+,27?;13-,14-,19+,23?;10-,12-,17+,20?/m111/s1. The number of nitrogens with zero attached hydrogens (tertiary/aromatic N) is 7. The summed E-state index contributed by atoms with van der Waals surface area (Å²) in [5.41, 5.74) is 8.83. The normalized spacial score (nSPS) is 23.0. The third kappa shape index (κ3) is 21.0. The predicted octanol–water partition coefficient (Wildman–Crippen LogP) is 8.54. The topological polar surface area (TPSA) is 481 Å². The third-order valence-corrected chi connectivity index (χ3v) is 26.0. The Morgan fingerprint density at radius 3 is 1.58 bits per heavy atom. The van der Waals surface area contributed by atoms with Crippen molar-refractivity contribution in [3.63, 3.8) is 0 Å². The van der Waals surface area contributed by atoms with Crippen LogP contribution in [0.25, 0.3) is 0 Å². The van der Waals surface area contributed by atoms with Crippen LogP contribution >= 0.6 is 68.8 Å². The number of aliphatic hydroxyl groups excluding tert-OH is 3. The van der Waals surface area contributed by atoms with Gasteiger partial charge in [0.25, 0.3) is 0 Å². The average Bonchev–Trinajstić information content (AvgIpc) is 1.59. The molecule has 3 saturated carbocycles. The fourth-order valence-electron chi connectivity index (χ4n) is 15.0. The maximum Gasteiger partial charge on any atom is 0.339 e. The Bertz CT molecular complexity index is 5530. The second-order valence-electron chi connectivity index (χ2n) is 28.9. The van der Waals surface area contributed by atoms with Crippen LogP contribution in [0.3, 0.4) is 0 Å². The molecule has 0 radical (unpaired) electrons. The molecule has 0 saturated heterocycles. The highest BCUT2D eigenvalue weighted by molar-refractivity contribution is 7.84. The first kappa shape index (κ1) is 86.0. The van der Waals surface area contributed by atoms with Gasteiger partial charge in [-0.1, -0.05) is 65.1 Å². The lowest BCUT2D eigenvalue weighted by Gasteiger charge is -2.27. The van der Waals surface area contributed by atoms with Crippen LogP contribution in [-0.2, 0) is 77.1 Å². The Morgan fingerprint density at radius 1 is 0.552 bits per heavy atom. The Hall–Kier alpha value is -7.88. The number of benzene rings is 3. The van der Waals surface area contributed by atoms with Crippen molar-refractivity contribution in [2.45, 2.75) is 120 Å². The summed E-state index contributed by atoms with van der Waals surface area (Å²) < 4.78 is 98.7. The largest absolute Gasteiger partial charge is 0.449 e. The number of esters is 1. The molecule has 3 aliphatic heterocycles. The molecule has 12 N–H and O–H groups in total. The summed E-state index contributed by atoms with van der Waals surface area (Å²) in [5, 5.41) is 56.5. The van der Waals surface area contributed by atoms with Gasteiger partial charge in [-0.25, -0.2) is 50.1 Å². The van der Waals surface area contributed by atoms with E-state index >= 15 is 0 Å². The fraction of sp³-hybridized carbons (Fsp3) is 0.387. The first-order valence-corrected chi connectivity index (χ1v) is 44.3. The molecule has 3 fully saturated rings. The number of aromatic nitrogens is 6. The lowest BCUT2D eigenvalue weighted by molar-refractivity contribution is 0.0456. The number of halogens is 3. The van der Waals surface area contributed by atoms with Gasteiger partial charge in [0, 0.05) is 91.9 Å². The van der Waals surface area contributed by atoms with Crippen LogP contribution in [-0.4, -0.2) is 182 Å². The Morgan fingerprint density at radius 2 is 1.05 bits per heavy atom. The second-order valence-corrected chi connectivity index (χ2v) is 37.4. The van der Waals surface area contributed by atoms with E-state index in [1.165, 1.54) is 71.4 Å². The van der Waals surface area contributed by atoms with E-state index in [0.717, 1.165) is 62.7 Å². The van der Waals surface area contributed by atoms with Gasteiger partial charge >= 0.3 is 36.9 Å². The molecule has 6 aromatic heterocycles. The molecule has 9 heterocycles. The number of ketones is 3. The number of nitrogens with two attached hydrogens (primary N) is 3. The molecule has 3 aromatic carbocycles. The van der Waals surface area contributed by atoms with Gasteiger partial charge in [0.1, 0.15) is 53.0 Å². The number of cyclic esters (lactones) is 1. The molecule has 116 heavy (non-hydrogen) atoms. The van der Waals surface area contributed by atoms with Crippen molar-refractivity contribution in [3.8, 4) is 0 Å². The first-order valence-electron chi connectivity index (χ1n) is 36.3. The van der Waals surface area contributed by atoms with Gasteiger partial charge < -0.3 is 50.4 Å². The van der Waals surface area contributed by atoms with E-state index in [1.54, 1.807) is 30.3 Å². The summed E-state index contributed by atoms with van der Waals surface area (Å²) in [7, 11) is -8.24. The summed E-state index contributed by atoms with van der Waals surface area (Å²) >= 11 is 22.8. The molecule has 12 atom stereocenters. The minimum Gasteiger partial charge on any atom is -0.449 e. The van der Waals surface area contributed by atoms with E-state index < -0.39 is 84.8 Å². The number of carbonyl (C=O) groups is 4. The van der Waals surface area contributed by atoms with Crippen molar-refractivity contribution < 1.29 is 86.5 Å². The highest BCUT2D eigenvalue weighted by atomic mass is 35.5. The molecule has 0 amide bonds. The molecule has 3 aliphatic carbocycles. The van der Waals surface area contributed by atoms with Crippen LogP contribution in [0, 0.1) is 24.7 Å². The number of aryl methyl sites for hydroxylation is 1. The van der Waals surface area contributed by atoms with Crippen LogP contribution in [0.4, 0.5) is 17.5 Å². The van der Waals surface area contributed by atoms with Gasteiger partial charge in [-0.3, -0.25) is 26.9 Å². The lowest BCUT2D eigenvalue weighted by Crippen LogP contribution is -2.24. The maximum atomic E-state index is 13.7. The smallest absolute Gasteiger partial charge is 0.339 e. The number of rotatable bonds is 26. The summed E-state index contributed by atoms with van der Waals surface area (Å²) in [5.74, 6) is -1.76. The number of anilines is 3. The van der Waals surface area contributed by atoms with Crippen LogP contribution in [0.15, 0.2) is 116 Å². The minimum absolute atomic E-state index is 0.169. The van der Waals surface area contributed by atoms with Gasteiger partial charge in [-0.2, -0.15) is 25.3 Å². The molecule has 15 rings (SSSR count). The fourth-order valence-corrected chi connectivity index (χ4v) is 19.9. The number of aliphatic hydroxyl groups is 3. The Balaban J connectivity index is 0.000000152. The van der Waals surface area contributed by atoms with Gasteiger partial charge in [0.2, 0.25) is 17.3 Å². The molecule has 0 spiro atoms. The molecular weight excluding hydrogens is 1690 g/mol. The number of fused-ring (bicyclic) bond motifs is 3.